The van der Waals surface area contributed by atoms with E-state index in [2.05, 4.69) is 4.98 Å². The van der Waals surface area contributed by atoms with Gasteiger partial charge in [0.2, 0.25) is 0 Å². The fourth-order valence-electron chi connectivity index (χ4n) is 2.20. The molecule has 0 bridgehead atoms. The lowest BCUT2D eigenvalue weighted by molar-refractivity contribution is 0.345. The van der Waals surface area contributed by atoms with Crippen LogP contribution in [0.3, 0.4) is 0 Å². The molecule has 1 aliphatic heterocycles. The minimum atomic E-state index is -3.54. The molecule has 1 aliphatic rings. The van der Waals surface area contributed by atoms with Crippen LogP contribution in [0.5, 0.6) is 0 Å². The first-order valence-electron chi connectivity index (χ1n) is 5.72. The van der Waals surface area contributed by atoms with Gasteiger partial charge in [-0.25, -0.2) is 13.4 Å². The van der Waals surface area contributed by atoms with E-state index >= 15 is 0 Å². The maximum atomic E-state index is 12.6. The summed E-state index contributed by atoms with van der Waals surface area (Å²) < 4.78 is 28.2. The molecule has 1 saturated heterocycles. The average molecular weight is 306 g/mol. The van der Waals surface area contributed by atoms with Crippen molar-refractivity contribution >= 4 is 37.9 Å². The SMILES string of the molecule is O=S(=O)(c1c(Cl)nc2sccn12)N1CCCCC1. The van der Waals surface area contributed by atoms with E-state index in [9.17, 15) is 8.42 Å². The van der Waals surface area contributed by atoms with Crippen LogP contribution in [0.4, 0.5) is 0 Å². The average Bonchev–Trinajstić information content (AvgIpc) is 2.89. The van der Waals surface area contributed by atoms with Gasteiger partial charge in [0.15, 0.2) is 15.1 Å². The molecule has 0 radical (unpaired) electrons. The van der Waals surface area contributed by atoms with Gasteiger partial charge in [0.25, 0.3) is 10.0 Å². The summed E-state index contributed by atoms with van der Waals surface area (Å²) in [6, 6.07) is 0. The molecule has 0 atom stereocenters. The fraction of sp³-hybridized carbons (Fsp3) is 0.500. The van der Waals surface area contributed by atoms with E-state index < -0.39 is 10.0 Å². The van der Waals surface area contributed by atoms with Crippen LogP contribution in [0.15, 0.2) is 16.6 Å². The van der Waals surface area contributed by atoms with Gasteiger partial charge >= 0.3 is 0 Å². The highest BCUT2D eigenvalue weighted by molar-refractivity contribution is 7.89. The first-order valence-corrected chi connectivity index (χ1v) is 8.41. The Morgan fingerprint density at radius 1 is 1.28 bits per heavy atom. The summed E-state index contributed by atoms with van der Waals surface area (Å²) in [5.74, 6) is 0. The summed E-state index contributed by atoms with van der Waals surface area (Å²) in [6.07, 6.45) is 4.58. The minimum Gasteiger partial charge on any atom is -0.279 e. The topological polar surface area (TPSA) is 54.7 Å². The molecule has 2 aromatic heterocycles. The van der Waals surface area contributed by atoms with E-state index in [1.54, 1.807) is 16.0 Å². The number of piperidine rings is 1. The van der Waals surface area contributed by atoms with Crippen molar-refractivity contribution in [2.45, 2.75) is 24.3 Å². The highest BCUT2D eigenvalue weighted by Crippen LogP contribution is 2.29. The third kappa shape index (κ3) is 1.85. The van der Waals surface area contributed by atoms with Crippen molar-refractivity contribution < 1.29 is 8.42 Å². The van der Waals surface area contributed by atoms with Crippen molar-refractivity contribution in [2.24, 2.45) is 0 Å². The second-order valence-corrected chi connectivity index (χ2v) is 7.31. The van der Waals surface area contributed by atoms with Crippen LogP contribution in [-0.2, 0) is 10.0 Å². The van der Waals surface area contributed by atoms with E-state index in [1.165, 1.54) is 15.6 Å². The third-order valence-electron chi connectivity index (χ3n) is 3.08. The normalized spacial score (nSPS) is 18.5. The first kappa shape index (κ1) is 12.4. The Hall–Kier alpha value is -0.630. The Labute approximate surface area is 114 Å². The van der Waals surface area contributed by atoms with Gasteiger partial charge in [0.1, 0.15) is 0 Å². The summed E-state index contributed by atoms with van der Waals surface area (Å²) in [4.78, 5) is 4.68. The highest BCUT2D eigenvalue weighted by Gasteiger charge is 2.32. The summed E-state index contributed by atoms with van der Waals surface area (Å²) in [7, 11) is -3.54. The van der Waals surface area contributed by atoms with E-state index in [0.717, 1.165) is 19.3 Å². The number of nitrogens with zero attached hydrogens (tertiary/aromatic N) is 3. The zero-order chi connectivity index (χ0) is 12.8. The molecular weight excluding hydrogens is 294 g/mol. The molecule has 0 spiro atoms. The van der Waals surface area contributed by atoms with Crippen molar-refractivity contribution in [3.8, 4) is 0 Å². The molecule has 0 aromatic carbocycles. The Bertz CT molecular complexity index is 670. The number of hydrogen-bond acceptors (Lipinski definition) is 4. The predicted molar refractivity (Wildman–Crippen MR) is 70.7 cm³/mol. The van der Waals surface area contributed by atoms with Gasteiger partial charge in [0.05, 0.1) is 0 Å². The van der Waals surface area contributed by atoms with Gasteiger partial charge in [0, 0.05) is 24.7 Å². The lowest BCUT2D eigenvalue weighted by Gasteiger charge is -2.25. The maximum absolute atomic E-state index is 12.6. The number of thiazole rings is 1. The van der Waals surface area contributed by atoms with E-state index in [0.29, 0.717) is 18.1 Å². The van der Waals surface area contributed by atoms with Gasteiger partial charge in [-0.05, 0) is 12.8 Å². The predicted octanol–water partition coefficient (Wildman–Crippen LogP) is 2.22. The minimum absolute atomic E-state index is 0.0624. The highest BCUT2D eigenvalue weighted by atomic mass is 35.5. The van der Waals surface area contributed by atoms with E-state index in [1.807, 2.05) is 0 Å². The Balaban J connectivity index is 2.12. The fourth-order valence-corrected chi connectivity index (χ4v) is 5.12. The summed E-state index contributed by atoms with van der Waals surface area (Å²) in [6.45, 7) is 1.13. The lowest BCUT2D eigenvalue weighted by Crippen LogP contribution is -2.36. The van der Waals surface area contributed by atoms with Crippen molar-refractivity contribution in [1.82, 2.24) is 13.7 Å². The molecule has 0 saturated carbocycles. The number of sulfonamides is 1. The second kappa shape index (κ2) is 4.48. The lowest BCUT2D eigenvalue weighted by atomic mass is 10.2. The van der Waals surface area contributed by atoms with Crippen LogP contribution in [-0.4, -0.2) is 35.2 Å². The molecule has 98 valence electrons. The Morgan fingerprint density at radius 2 is 2.00 bits per heavy atom. The van der Waals surface area contributed by atoms with Crippen LogP contribution in [0.1, 0.15) is 19.3 Å². The van der Waals surface area contributed by atoms with Crippen LogP contribution < -0.4 is 0 Å². The molecule has 3 heterocycles. The zero-order valence-corrected chi connectivity index (χ0v) is 11.9. The third-order valence-corrected chi connectivity index (χ3v) is 6.13. The Kier molecular flexibility index (Phi) is 3.09. The quantitative estimate of drug-likeness (QED) is 0.855. The second-order valence-electron chi connectivity index (χ2n) is 4.23. The smallest absolute Gasteiger partial charge is 0.262 e. The van der Waals surface area contributed by atoms with Crippen molar-refractivity contribution in [1.29, 1.82) is 0 Å². The van der Waals surface area contributed by atoms with Crippen LogP contribution >= 0.6 is 22.9 Å². The van der Waals surface area contributed by atoms with E-state index in [4.69, 9.17) is 11.6 Å². The maximum Gasteiger partial charge on any atom is 0.262 e. The van der Waals surface area contributed by atoms with Crippen LogP contribution in [0.25, 0.3) is 4.96 Å². The van der Waals surface area contributed by atoms with Gasteiger partial charge in [-0.3, -0.25) is 4.40 Å². The first-order chi connectivity index (χ1) is 8.60. The van der Waals surface area contributed by atoms with Crippen molar-refractivity contribution in [3.63, 3.8) is 0 Å². The molecular formula is C10H12ClN3O2S2. The van der Waals surface area contributed by atoms with Gasteiger partial charge in [-0.2, -0.15) is 4.31 Å². The summed E-state index contributed by atoms with van der Waals surface area (Å²) in [5, 5.41) is 1.96. The Morgan fingerprint density at radius 3 is 2.72 bits per heavy atom. The number of imidazole rings is 1. The van der Waals surface area contributed by atoms with Crippen molar-refractivity contribution in [3.05, 3.63) is 16.7 Å². The number of hydrogen-bond donors (Lipinski definition) is 0. The number of fused-ring (bicyclic) bond motifs is 1. The van der Waals surface area contributed by atoms with Crippen molar-refractivity contribution in [2.75, 3.05) is 13.1 Å². The molecule has 0 unspecified atom stereocenters. The number of aromatic nitrogens is 2. The van der Waals surface area contributed by atoms with Gasteiger partial charge in [-0.15, -0.1) is 11.3 Å². The number of halogens is 1. The molecule has 8 heteroatoms. The molecule has 0 aliphatic carbocycles. The van der Waals surface area contributed by atoms with Crippen LogP contribution in [0, 0.1) is 0 Å². The molecule has 5 nitrogen and oxygen atoms in total. The standard InChI is InChI=1S/C10H12ClN3O2S2/c11-8-9(14-6-7-17-10(14)12-8)18(15,16)13-4-2-1-3-5-13/h6-7H,1-5H2. The summed E-state index contributed by atoms with van der Waals surface area (Å²) in [5.41, 5.74) is 0. The molecule has 2 aromatic rings. The largest absolute Gasteiger partial charge is 0.279 e. The summed E-state index contributed by atoms with van der Waals surface area (Å²) >= 11 is 7.35. The molecule has 18 heavy (non-hydrogen) atoms. The van der Waals surface area contributed by atoms with E-state index in [-0.39, 0.29) is 10.2 Å². The molecule has 0 amide bonds. The monoisotopic (exact) mass is 305 g/mol. The zero-order valence-electron chi connectivity index (χ0n) is 9.54. The molecule has 3 rings (SSSR count). The van der Waals surface area contributed by atoms with Gasteiger partial charge < -0.3 is 0 Å². The van der Waals surface area contributed by atoms with Crippen LogP contribution in [0.2, 0.25) is 5.15 Å². The molecule has 1 fully saturated rings. The van der Waals surface area contributed by atoms with Gasteiger partial charge in [-0.1, -0.05) is 18.0 Å². The number of rotatable bonds is 2. The molecule has 0 N–H and O–H groups in total.